The van der Waals surface area contributed by atoms with Gasteiger partial charge in [0.2, 0.25) is 0 Å². The van der Waals surface area contributed by atoms with E-state index in [9.17, 15) is 0 Å². The number of hydrogen-bond donors (Lipinski definition) is 1. The van der Waals surface area contributed by atoms with Crippen LogP contribution in [0.2, 0.25) is 0 Å². The molecule has 2 aliphatic rings. The lowest BCUT2D eigenvalue weighted by Gasteiger charge is -2.35. The highest BCUT2D eigenvalue weighted by molar-refractivity contribution is 9.10. The van der Waals surface area contributed by atoms with E-state index in [1.165, 1.54) is 16.5 Å². The third kappa shape index (κ3) is 2.10. The Bertz CT molecular complexity index is 620. The fraction of sp³-hybridized carbons (Fsp3) is 0.500. The summed E-state index contributed by atoms with van der Waals surface area (Å²) in [5.74, 6) is 0.347. The lowest BCUT2D eigenvalue weighted by Crippen LogP contribution is -2.34. The molecule has 2 aromatic rings. The summed E-state index contributed by atoms with van der Waals surface area (Å²) in [6.07, 6.45) is 6.48. The Labute approximate surface area is 126 Å². The molecule has 1 spiro atoms. The fourth-order valence-corrected chi connectivity index (χ4v) is 3.97. The van der Waals surface area contributed by atoms with E-state index >= 15 is 0 Å². The van der Waals surface area contributed by atoms with E-state index in [1.54, 1.807) is 0 Å². The number of aromatic amines is 1. The quantitative estimate of drug-likeness (QED) is 0.841. The molecule has 4 heteroatoms. The first-order chi connectivity index (χ1) is 9.76. The van der Waals surface area contributed by atoms with E-state index in [1.807, 2.05) is 0 Å². The molecule has 1 aliphatic heterocycles. The molecule has 1 aromatic carbocycles. The Morgan fingerprint density at radius 3 is 2.65 bits per heavy atom. The fourth-order valence-electron chi connectivity index (χ4n) is 3.61. The molecule has 0 bridgehead atoms. The van der Waals surface area contributed by atoms with Crippen LogP contribution in [0.5, 0.6) is 0 Å². The lowest BCUT2D eigenvalue weighted by molar-refractivity contribution is -0.178. The monoisotopic (exact) mass is 335 g/mol. The van der Waals surface area contributed by atoms with Gasteiger partial charge in [-0.2, -0.15) is 0 Å². The molecule has 0 atom stereocenters. The Balaban J connectivity index is 1.60. The summed E-state index contributed by atoms with van der Waals surface area (Å²) in [4.78, 5) is 3.39. The maximum absolute atomic E-state index is 5.82. The zero-order valence-corrected chi connectivity index (χ0v) is 12.9. The first-order valence-corrected chi connectivity index (χ1v) is 8.10. The highest BCUT2D eigenvalue weighted by Gasteiger charge is 2.40. The maximum atomic E-state index is 5.82. The van der Waals surface area contributed by atoms with Gasteiger partial charge in [0, 0.05) is 34.4 Å². The van der Waals surface area contributed by atoms with Crippen molar-refractivity contribution in [1.82, 2.24) is 4.98 Å². The zero-order valence-electron chi connectivity index (χ0n) is 11.3. The third-order valence-corrected chi connectivity index (χ3v) is 5.17. The second kappa shape index (κ2) is 4.86. The SMILES string of the molecule is Brc1ccc2[nH]cc(C3CCC4(CC3)OCCO4)c2c1. The predicted octanol–water partition coefficient (Wildman–Crippen LogP) is 4.33. The summed E-state index contributed by atoms with van der Waals surface area (Å²) < 4.78 is 12.8. The normalized spacial score (nSPS) is 22.9. The van der Waals surface area contributed by atoms with Gasteiger partial charge in [-0.25, -0.2) is 0 Å². The molecule has 0 radical (unpaired) electrons. The van der Waals surface area contributed by atoms with Gasteiger partial charge in [0.15, 0.2) is 5.79 Å². The van der Waals surface area contributed by atoms with Gasteiger partial charge in [-0.15, -0.1) is 0 Å². The van der Waals surface area contributed by atoms with Crippen molar-refractivity contribution >= 4 is 26.8 Å². The van der Waals surface area contributed by atoms with Crippen LogP contribution in [-0.4, -0.2) is 24.0 Å². The maximum Gasteiger partial charge on any atom is 0.168 e. The number of benzene rings is 1. The summed E-state index contributed by atoms with van der Waals surface area (Å²) in [5.41, 5.74) is 2.66. The minimum Gasteiger partial charge on any atom is -0.361 e. The lowest BCUT2D eigenvalue weighted by atomic mass is 9.81. The average molecular weight is 336 g/mol. The van der Waals surface area contributed by atoms with Crippen LogP contribution in [0.25, 0.3) is 10.9 Å². The molecule has 3 nitrogen and oxygen atoms in total. The molecule has 0 amide bonds. The van der Waals surface area contributed by atoms with Gasteiger partial charge in [-0.3, -0.25) is 0 Å². The Morgan fingerprint density at radius 2 is 1.90 bits per heavy atom. The second-order valence-corrected chi connectivity index (χ2v) is 6.73. The van der Waals surface area contributed by atoms with Crippen molar-refractivity contribution in [3.63, 3.8) is 0 Å². The Hall–Kier alpha value is -0.840. The molecule has 106 valence electrons. The molecule has 4 rings (SSSR count). The average Bonchev–Trinajstić information content (AvgIpc) is 3.07. The van der Waals surface area contributed by atoms with Crippen LogP contribution >= 0.6 is 15.9 Å². The van der Waals surface area contributed by atoms with Gasteiger partial charge in [-0.05, 0) is 42.5 Å². The van der Waals surface area contributed by atoms with Crippen molar-refractivity contribution in [3.05, 3.63) is 34.4 Å². The van der Waals surface area contributed by atoms with Crippen molar-refractivity contribution < 1.29 is 9.47 Å². The van der Waals surface area contributed by atoms with E-state index in [-0.39, 0.29) is 5.79 Å². The molecule has 1 N–H and O–H groups in total. The number of fused-ring (bicyclic) bond motifs is 1. The number of rotatable bonds is 1. The van der Waals surface area contributed by atoms with Crippen LogP contribution in [0.15, 0.2) is 28.9 Å². The largest absolute Gasteiger partial charge is 0.361 e. The summed E-state index contributed by atoms with van der Waals surface area (Å²) in [5, 5.41) is 1.34. The van der Waals surface area contributed by atoms with E-state index in [4.69, 9.17) is 9.47 Å². The summed E-state index contributed by atoms with van der Waals surface area (Å²) in [6, 6.07) is 6.43. The molecule has 2 heterocycles. The van der Waals surface area contributed by atoms with E-state index in [2.05, 4.69) is 45.3 Å². The van der Waals surface area contributed by atoms with Gasteiger partial charge in [0.05, 0.1) is 13.2 Å². The number of ether oxygens (including phenoxy) is 2. The molecule has 1 saturated heterocycles. The second-order valence-electron chi connectivity index (χ2n) is 5.82. The van der Waals surface area contributed by atoms with Gasteiger partial charge in [-0.1, -0.05) is 15.9 Å². The topological polar surface area (TPSA) is 34.2 Å². The minimum absolute atomic E-state index is 0.261. The standard InChI is InChI=1S/C16H18BrNO2/c17-12-1-2-15-13(9-12)14(10-18-15)11-3-5-16(6-4-11)19-7-8-20-16/h1-2,9-11,18H,3-8H2. The minimum atomic E-state index is -0.261. The Morgan fingerprint density at radius 1 is 1.15 bits per heavy atom. The smallest absolute Gasteiger partial charge is 0.168 e. The molecule has 0 unspecified atom stereocenters. The molecule has 1 saturated carbocycles. The summed E-state index contributed by atoms with van der Waals surface area (Å²) in [6.45, 7) is 1.51. The molecular formula is C16H18BrNO2. The molecule has 1 aromatic heterocycles. The zero-order chi connectivity index (χ0) is 13.6. The van der Waals surface area contributed by atoms with Crippen LogP contribution in [0, 0.1) is 0 Å². The van der Waals surface area contributed by atoms with E-state index in [0.717, 1.165) is 43.4 Å². The highest BCUT2D eigenvalue weighted by Crippen LogP contribution is 2.44. The number of H-pyrrole nitrogens is 1. The van der Waals surface area contributed by atoms with Crippen molar-refractivity contribution in [1.29, 1.82) is 0 Å². The van der Waals surface area contributed by atoms with Crippen LogP contribution in [0.4, 0.5) is 0 Å². The van der Waals surface area contributed by atoms with Crippen LogP contribution in [-0.2, 0) is 9.47 Å². The van der Waals surface area contributed by atoms with Gasteiger partial charge in [0.25, 0.3) is 0 Å². The first kappa shape index (κ1) is 12.9. The van der Waals surface area contributed by atoms with E-state index < -0.39 is 0 Å². The van der Waals surface area contributed by atoms with Crippen molar-refractivity contribution in [2.45, 2.75) is 37.4 Å². The molecule has 2 fully saturated rings. The molecule has 1 aliphatic carbocycles. The van der Waals surface area contributed by atoms with Gasteiger partial charge < -0.3 is 14.5 Å². The molecular weight excluding hydrogens is 318 g/mol. The predicted molar refractivity (Wildman–Crippen MR) is 81.8 cm³/mol. The third-order valence-electron chi connectivity index (χ3n) is 4.68. The van der Waals surface area contributed by atoms with Crippen molar-refractivity contribution in [2.24, 2.45) is 0 Å². The summed E-state index contributed by atoms with van der Waals surface area (Å²) >= 11 is 3.57. The highest BCUT2D eigenvalue weighted by atomic mass is 79.9. The van der Waals surface area contributed by atoms with E-state index in [0.29, 0.717) is 5.92 Å². The number of nitrogens with one attached hydrogen (secondary N) is 1. The first-order valence-electron chi connectivity index (χ1n) is 7.30. The van der Waals surface area contributed by atoms with Gasteiger partial charge in [0.1, 0.15) is 0 Å². The van der Waals surface area contributed by atoms with Crippen LogP contribution in [0.1, 0.15) is 37.2 Å². The number of aromatic nitrogens is 1. The Kier molecular flexibility index (Phi) is 3.13. The van der Waals surface area contributed by atoms with Crippen LogP contribution in [0.3, 0.4) is 0 Å². The van der Waals surface area contributed by atoms with Crippen molar-refractivity contribution in [3.8, 4) is 0 Å². The van der Waals surface area contributed by atoms with Gasteiger partial charge >= 0.3 is 0 Å². The summed E-state index contributed by atoms with van der Waals surface area (Å²) in [7, 11) is 0. The number of hydrogen-bond acceptors (Lipinski definition) is 2. The van der Waals surface area contributed by atoms with Crippen LogP contribution < -0.4 is 0 Å². The van der Waals surface area contributed by atoms with Crippen molar-refractivity contribution in [2.75, 3.05) is 13.2 Å². The number of halogens is 1. The molecule has 20 heavy (non-hydrogen) atoms.